The number of rotatable bonds is 5. The van der Waals surface area contributed by atoms with E-state index in [1.54, 1.807) is 48.5 Å². The van der Waals surface area contributed by atoms with Crippen molar-refractivity contribution in [2.24, 2.45) is 0 Å². The van der Waals surface area contributed by atoms with Crippen LogP contribution in [0.25, 0.3) is 0 Å². The lowest BCUT2D eigenvalue weighted by Crippen LogP contribution is -2.36. The summed E-state index contributed by atoms with van der Waals surface area (Å²) in [5.41, 5.74) is 2.00. The van der Waals surface area contributed by atoms with Crippen molar-refractivity contribution < 1.29 is 14.7 Å². The molecule has 0 bridgehead atoms. The second kappa shape index (κ2) is 7.20. The Labute approximate surface area is 133 Å². The number of nitrogens with one attached hydrogen (secondary N) is 1. The molecule has 1 atom stereocenters. The third kappa shape index (κ3) is 3.93. The topological polar surface area (TPSA) is 66.4 Å². The van der Waals surface area contributed by atoms with Crippen molar-refractivity contribution in [3.8, 4) is 0 Å². The molecule has 0 fully saturated rings. The van der Waals surface area contributed by atoms with Crippen LogP contribution < -0.4 is 5.32 Å². The molecule has 4 nitrogen and oxygen atoms in total. The fourth-order valence-corrected chi connectivity index (χ4v) is 2.12. The van der Waals surface area contributed by atoms with Gasteiger partial charge in [0, 0.05) is 10.6 Å². The first-order valence-corrected chi connectivity index (χ1v) is 7.17. The summed E-state index contributed by atoms with van der Waals surface area (Å²) in [5, 5.41) is 12.5. The lowest BCUT2D eigenvalue weighted by atomic mass is 10.1. The van der Waals surface area contributed by atoms with E-state index >= 15 is 0 Å². The largest absolute Gasteiger partial charge is 0.394 e. The molecule has 114 valence electrons. The Balaban J connectivity index is 2.10. The number of carbonyl (C=O) groups excluding carboxylic acids is 2. The number of benzene rings is 2. The third-order valence-electron chi connectivity index (χ3n) is 3.28. The molecule has 0 spiro atoms. The molecule has 0 heterocycles. The van der Waals surface area contributed by atoms with Gasteiger partial charge in [-0.3, -0.25) is 9.59 Å². The number of aryl methyl sites for hydroxylation is 1. The standard InChI is InChI=1S/C17H16ClNO3/c1-11-2-4-13(5-3-11)16(21)17(22)19-15(10-20)12-6-8-14(18)9-7-12/h2-9,15,20H,10H2,1H3,(H,19,22). The fraction of sp³-hybridized carbons (Fsp3) is 0.176. The highest BCUT2D eigenvalue weighted by Gasteiger charge is 2.20. The van der Waals surface area contributed by atoms with E-state index in [4.69, 9.17) is 11.6 Å². The predicted octanol–water partition coefficient (Wildman–Crippen LogP) is 2.68. The molecule has 0 radical (unpaired) electrons. The molecule has 1 unspecified atom stereocenters. The highest BCUT2D eigenvalue weighted by atomic mass is 35.5. The minimum absolute atomic E-state index is 0.311. The lowest BCUT2D eigenvalue weighted by Gasteiger charge is -2.16. The van der Waals surface area contributed by atoms with Crippen molar-refractivity contribution in [2.75, 3.05) is 6.61 Å². The van der Waals surface area contributed by atoms with Crippen LogP contribution in [0.3, 0.4) is 0 Å². The molecule has 0 saturated heterocycles. The number of halogens is 1. The number of amides is 1. The van der Waals surface area contributed by atoms with E-state index in [1.807, 2.05) is 6.92 Å². The van der Waals surface area contributed by atoms with E-state index < -0.39 is 17.7 Å². The highest BCUT2D eigenvalue weighted by molar-refractivity contribution is 6.42. The van der Waals surface area contributed by atoms with Gasteiger partial charge in [0.1, 0.15) is 0 Å². The monoisotopic (exact) mass is 317 g/mol. The molecule has 2 N–H and O–H groups in total. The number of Topliss-reactive ketones (excluding diaryl/α,β-unsaturated/α-hetero) is 1. The number of aliphatic hydroxyl groups is 1. The molecule has 0 aliphatic rings. The molecule has 5 heteroatoms. The SMILES string of the molecule is Cc1ccc(C(=O)C(=O)NC(CO)c2ccc(Cl)cc2)cc1. The summed E-state index contributed by atoms with van der Waals surface area (Å²) in [5.74, 6) is -1.38. The Hall–Kier alpha value is -2.17. The van der Waals surface area contributed by atoms with Gasteiger partial charge in [-0.25, -0.2) is 0 Å². The second-order valence-corrected chi connectivity index (χ2v) is 5.39. The third-order valence-corrected chi connectivity index (χ3v) is 3.53. The number of aliphatic hydroxyl groups excluding tert-OH is 1. The highest BCUT2D eigenvalue weighted by Crippen LogP contribution is 2.16. The van der Waals surface area contributed by atoms with E-state index in [1.165, 1.54) is 0 Å². The van der Waals surface area contributed by atoms with Crippen LogP contribution in [0.2, 0.25) is 5.02 Å². The van der Waals surface area contributed by atoms with Gasteiger partial charge in [0.25, 0.3) is 5.91 Å². The van der Waals surface area contributed by atoms with Crippen LogP contribution in [0.1, 0.15) is 27.5 Å². The smallest absolute Gasteiger partial charge is 0.292 e. The van der Waals surface area contributed by atoms with Crippen molar-refractivity contribution in [2.45, 2.75) is 13.0 Å². The molecular formula is C17H16ClNO3. The molecule has 2 rings (SSSR count). The van der Waals surface area contributed by atoms with Gasteiger partial charge in [-0.05, 0) is 24.6 Å². The van der Waals surface area contributed by atoms with Gasteiger partial charge < -0.3 is 10.4 Å². The number of hydrogen-bond donors (Lipinski definition) is 2. The molecule has 0 aliphatic heterocycles. The first-order chi connectivity index (χ1) is 10.5. The van der Waals surface area contributed by atoms with Gasteiger partial charge in [0.15, 0.2) is 0 Å². The Morgan fingerprint density at radius 2 is 1.68 bits per heavy atom. The maximum atomic E-state index is 12.1. The average molecular weight is 318 g/mol. The Bertz CT molecular complexity index is 665. The first-order valence-electron chi connectivity index (χ1n) is 6.79. The van der Waals surface area contributed by atoms with Gasteiger partial charge in [-0.2, -0.15) is 0 Å². The zero-order valence-corrected chi connectivity index (χ0v) is 12.8. The summed E-state index contributed by atoms with van der Waals surface area (Å²) >= 11 is 5.80. The summed E-state index contributed by atoms with van der Waals surface area (Å²) in [6.45, 7) is 1.59. The summed E-state index contributed by atoms with van der Waals surface area (Å²) in [6, 6.07) is 12.8. The van der Waals surface area contributed by atoms with Crippen LogP contribution in [-0.2, 0) is 4.79 Å². The molecule has 1 amide bonds. The quantitative estimate of drug-likeness (QED) is 0.658. The van der Waals surface area contributed by atoms with E-state index in [0.717, 1.165) is 5.56 Å². The van der Waals surface area contributed by atoms with Crippen LogP contribution in [0.15, 0.2) is 48.5 Å². The zero-order chi connectivity index (χ0) is 16.1. The molecule has 2 aromatic carbocycles. The van der Waals surface area contributed by atoms with Gasteiger partial charge in [-0.15, -0.1) is 0 Å². The van der Waals surface area contributed by atoms with Crippen LogP contribution in [0, 0.1) is 6.92 Å². The Morgan fingerprint density at radius 1 is 1.09 bits per heavy atom. The molecule has 22 heavy (non-hydrogen) atoms. The molecule has 0 aliphatic carbocycles. The normalized spacial score (nSPS) is 11.8. The van der Waals surface area contributed by atoms with Crippen molar-refractivity contribution in [3.05, 3.63) is 70.2 Å². The van der Waals surface area contributed by atoms with Crippen molar-refractivity contribution >= 4 is 23.3 Å². The van der Waals surface area contributed by atoms with Crippen molar-refractivity contribution in [1.82, 2.24) is 5.32 Å². The Kier molecular flexibility index (Phi) is 5.31. The maximum absolute atomic E-state index is 12.1. The van der Waals surface area contributed by atoms with Crippen LogP contribution >= 0.6 is 11.6 Å². The predicted molar refractivity (Wildman–Crippen MR) is 84.9 cm³/mol. The number of ketones is 1. The number of hydrogen-bond acceptors (Lipinski definition) is 3. The van der Waals surface area contributed by atoms with Crippen LogP contribution in [0.4, 0.5) is 0 Å². The van der Waals surface area contributed by atoms with Gasteiger partial charge in [-0.1, -0.05) is 53.6 Å². The summed E-state index contributed by atoms with van der Waals surface area (Å²) < 4.78 is 0. The summed E-state index contributed by atoms with van der Waals surface area (Å²) in [7, 11) is 0. The van der Waals surface area contributed by atoms with E-state index in [-0.39, 0.29) is 6.61 Å². The van der Waals surface area contributed by atoms with E-state index in [0.29, 0.717) is 16.1 Å². The number of carbonyl (C=O) groups is 2. The van der Waals surface area contributed by atoms with Crippen molar-refractivity contribution in [1.29, 1.82) is 0 Å². The molecular weight excluding hydrogens is 302 g/mol. The zero-order valence-electron chi connectivity index (χ0n) is 12.0. The molecule has 0 saturated carbocycles. The summed E-state index contributed by atoms with van der Waals surface area (Å²) in [6.07, 6.45) is 0. The minimum atomic E-state index is -0.752. The van der Waals surface area contributed by atoms with E-state index in [9.17, 15) is 14.7 Å². The lowest BCUT2D eigenvalue weighted by molar-refractivity contribution is -0.118. The van der Waals surface area contributed by atoms with E-state index in [2.05, 4.69) is 5.32 Å². The average Bonchev–Trinajstić information content (AvgIpc) is 2.53. The fourth-order valence-electron chi connectivity index (χ4n) is 1.99. The van der Waals surface area contributed by atoms with Crippen LogP contribution in [-0.4, -0.2) is 23.4 Å². The van der Waals surface area contributed by atoms with Crippen molar-refractivity contribution in [3.63, 3.8) is 0 Å². The summed E-state index contributed by atoms with van der Waals surface area (Å²) in [4.78, 5) is 24.1. The first kappa shape index (κ1) is 16.2. The maximum Gasteiger partial charge on any atom is 0.292 e. The second-order valence-electron chi connectivity index (χ2n) is 4.96. The van der Waals surface area contributed by atoms with Crippen LogP contribution in [0.5, 0.6) is 0 Å². The Morgan fingerprint density at radius 3 is 2.23 bits per heavy atom. The van der Waals surface area contributed by atoms with Gasteiger partial charge in [0.05, 0.1) is 12.6 Å². The van der Waals surface area contributed by atoms with Gasteiger partial charge >= 0.3 is 0 Å². The molecule has 2 aromatic rings. The minimum Gasteiger partial charge on any atom is -0.394 e. The van der Waals surface area contributed by atoms with Gasteiger partial charge in [0.2, 0.25) is 5.78 Å². The molecule has 0 aromatic heterocycles.